The Morgan fingerprint density at radius 2 is 2.24 bits per heavy atom. The zero-order valence-corrected chi connectivity index (χ0v) is 12.2. The number of aromatic nitrogens is 4. The van der Waals surface area contributed by atoms with E-state index in [9.17, 15) is 0 Å². The molecule has 0 saturated carbocycles. The molecule has 2 aliphatic heterocycles. The van der Waals surface area contributed by atoms with Gasteiger partial charge in [0.2, 0.25) is 0 Å². The van der Waals surface area contributed by atoms with Gasteiger partial charge in [-0.15, -0.1) is 15.3 Å². The van der Waals surface area contributed by atoms with Crippen molar-refractivity contribution in [1.29, 1.82) is 0 Å². The molecule has 7 heteroatoms. The average molecular weight is 289 g/mol. The van der Waals surface area contributed by atoms with Crippen molar-refractivity contribution in [2.75, 3.05) is 37.8 Å². The van der Waals surface area contributed by atoms with Gasteiger partial charge < -0.3 is 14.4 Å². The number of nitrogens with zero attached hydrogens (tertiary/aromatic N) is 5. The standard InChI is InChI=1S/C14H19N5O2/c1-2-11-15-16-12-3-4-13(17-19(11)12)18-6-8-21-14(9-18)5-7-20-10-14/h3-4H,2,5-10H2,1H3. The zero-order chi connectivity index (χ0) is 14.3. The van der Waals surface area contributed by atoms with Gasteiger partial charge in [0.15, 0.2) is 11.5 Å². The van der Waals surface area contributed by atoms with E-state index in [0.717, 1.165) is 49.8 Å². The van der Waals surface area contributed by atoms with Gasteiger partial charge in [-0.1, -0.05) is 6.92 Å². The molecule has 21 heavy (non-hydrogen) atoms. The summed E-state index contributed by atoms with van der Waals surface area (Å²) in [5.41, 5.74) is 0.637. The fourth-order valence-electron chi connectivity index (χ4n) is 3.08. The first-order valence-corrected chi connectivity index (χ1v) is 7.48. The molecule has 0 aromatic carbocycles. The zero-order valence-electron chi connectivity index (χ0n) is 12.2. The van der Waals surface area contributed by atoms with E-state index in [0.29, 0.717) is 13.2 Å². The number of anilines is 1. The number of hydrogen-bond acceptors (Lipinski definition) is 6. The molecule has 2 aromatic rings. The van der Waals surface area contributed by atoms with Crippen molar-refractivity contribution in [2.45, 2.75) is 25.4 Å². The molecule has 2 aliphatic rings. The van der Waals surface area contributed by atoms with Gasteiger partial charge in [-0.25, -0.2) is 0 Å². The lowest BCUT2D eigenvalue weighted by Gasteiger charge is -2.39. The maximum atomic E-state index is 5.97. The lowest BCUT2D eigenvalue weighted by Crippen LogP contribution is -2.52. The summed E-state index contributed by atoms with van der Waals surface area (Å²) in [6.07, 6.45) is 1.77. The smallest absolute Gasteiger partial charge is 0.178 e. The van der Waals surface area contributed by atoms with Crippen LogP contribution >= 0.6 is 0 Å². The number of hydrogen-bond donors (Lipinski definition) is 0. The van der Waals surface area contributed by atoms with Crippen LogP contribution in [0.4, 0.5) is 5.82 Å². The maximum Gasteiger partial charge on any atom is 0.178 e. The summed E-state index contributed by atoms with van der Waals surface area (Å²) >= 11 is 0. The van der Waals surface area contributed by atoms with Crippen LogP contribution in [0.15, 0.2) is 12.1 Å². The van der Waals surface area contributed by atoms with E-state index >= 15 is 0 Å². The number of aryl methyl sites for hydroxylation is 1. The van der Waals surface area contributed by atoms with Crippen LogP contribution in [0.2, 0.25) is 0 Å². The van der Waals surface area contributed by atoms with E-state index in [1.807, 2.05) is 16.6 Å². The highest BCUT2D eigenvalue weighted by atomic mass is 16.6. The Balaban J connectivity index is 1.65. The van der Waals surface area contributed by atoms with Gasteiger partial charge in [-0.2, -0.15) is 4.52 Å². The van der Waals surface area contributed by atoms with Crippen LogP contribution in [-0.2, 0) is 15.9 Å². The van der Waals surface area contributed by atoms with Crippen molar-refractivity contribution < 1.29 is 9.47 Å². The Bertz CT molecular complexity index is 650. The van der Waals surface area contributed by atoms with Gasteiger partial charge in [0.1, 0.15) is 11.4 Å². The molecule has 7 nitrogen and oxygen atoms in total. The van der Waals surface area contributed by atoms with E-state index in [2.05, 4.69) is 22.0 Å². The normalized spacial score (nSPS) is 26.0. The molecule has 2 aromatic heterocycles. The Hall–Kier alpha value is -1.73. The fourth-order valence-corrected chi connectivity index (χ4v) is 3.08. The molecule has 0 N–H and O–H groups in total. The predicted octanol–water partition coefficient (Wildman–Crippen LogP) is 0.682. The second-order valence-electron chi connectivity index (χ2n) is 5.69. The van der Waals surface area contributed by atoms with Gasteiger partial charge >= 0.3 is 0 Å². The molecule has 2 saturated heterocycles. The lowest BCUT2D eigenvalue weighted by molar-refractivity contribution is -0.0581. The van der Waals surface area contributed by atoms with E-state index in [-0.39, 0.29) is 5.60 Å². The molecule has 112 valence electrons. The van der Waals surface area contributed by atoms with Crippen LogP contribution in [0, 0.1) is 0 Å². The molecule has 0 amide bonds. The Labute approximate surface area is 122 Å². The first-order valence-electron chi connectivity index (χ1n) is 7.48. The van der Waals surface area contributed by atoms with Gasteiger partial charge in [-0.05, 0) is 12.1 Å². The summed E-state index contributed by atoms with van der Waals surface area (Å²) in [6.45, 7) is 5.92. The quantitative estimate of drug-likeness (QED) is 0.810. The van der Waals surface area contributed by atoms with Gasteiger partial charge in [0, 0.05) is 26.0 Å². The average Bonchev–Trinajstić information content (AvgIpc) is 3.13. The van der Waals surface area contributed by atoms with Crippen LogP contribution in [0.1, 0.15) is 19.2 Å². The summed E-state index contributed by atoms with van der Waals surface area (Å²) in [4.78, 5) is 2.27. The number of fused-ring (bicyclic) bond motifs is 1. The van der Waals surface area contributed by atoms with Gasteiger partial charge in [0.05, 0.1) is 19.8 Å². The van der Waals surface area contributed by atoms with Gasteiger partial charge in [-0.3, -0.25) is 0 Å². The number of ether oxygens (including phenoxy) is 2. The highest BCUT2D eigenvalue weighted by molar-refractivity contribution is 5.46. The van der Waals surface area contributed by atoms with Crippen molar-refractivity contribution in [3.8, 4) is 0 Å². The summed E-state index contributed by atoms with van der Waals surface area (Å²) < 4.78 is 13.3. The number of morpholine rings is 1. The van der Waals surface area contributed by atoms with E-state index in [1.54, 1.807) is 0 Å². The molecule has 1 spiro atoms. The van der Waals surface area contributed by atoms with Crippen LogP contribution in [-0.4, -0.2) is 58.3 Å². The van der Waals surface area contributed by atoms with Crippen LogP contribution in [0.5, 0.6) is 0 Å². The Morgan fingerprint density at radius 3 is 3.05 bits per heavy atom. The molecule has 0 radical (unpaired) electrons. The third-order valence-electron chi connectivity index (χ3n) is 4.27. The third-order valence-corrected chi connectivity index (χ3v) is 4.27. The monoisotopic (exact) mass is 289 g/mol. The van der Waals surface area contributed by atoms with Crippen molar-refractivity contribution >= 4 is 11.5 Å². The largest absolute Gasteiger partial charge is 0.378 e. The fraction of sp³-hybridized carbons (Fsp3) is 0.643. The second kappa shape index (κ2) is 4.92. The summed E-state index contributed by atoms with van der Waals surface area (Å²) in [7, 11) is 0. The molecular weight excluding hydrogens is 270 g/mol. The van der Waals surface area contributed by atoms with Crippen molar-refractivity contribution in [3.05, 3.63) is 18.0 Å². The third kappa shape index (κ3) is 2.16. The Morgan fingerprint density at radius 1 is 1.29 bits per heavy atom. The first kappa shape index (κ1) is 13.0. The van der Waals surface area contributed by atoms with E-state index in [1.165, 1.54) is 0 Å². The molecule has 4 rings (SSSR count). The second-order valence-corrected chi connectivity index (χ2v) is 5.69. The topological polar surface area (TPSA) is 64.8 Å². The predicted molar refractivity (Wildman–Crippen MR) is 76.5 cm³/mol. The maximum absolute atomic E-state index is 5.97. The molecule has 0 aliphatic carbocycles. The van der Waals surface area contributed by atoms with Crippen molar-refractivity contribution in [3.63, 3.8) is 0 Å². The van der Waals surface area contributed by atoms with Crippen molar-refractivity contribution in [2.24, 2.45) is 0 Å². The van der Waals surface area contributed by atoms with Crippen LogP contribution in [0.25, 0.3) is 5.65 Å². The minimum absolute atomic E-state index is 0.157. The lowest BCUT2D eigenvalue weighted by atomic mass is 10.0. The molecule has 1 unspecified atom stereocenters. The van der Waals surface area contributed by atoms with E-state index < -0.39 is 0 Å². The highest BCUT2D eigenvalue weighted by Gasteiger charge is 2.40. The highest BCUT2D eigenvalue weighted by Crippen LogP contribution is 2.29. The minimum atomic E-state index is -0.157. The van der Waals surface area contributed by atoms with Crippen molar-refractivity contribution in [1.82, 2.24) is 19.8 Å². The minimum Gasteiger partial charge on any atom is -0.378 e. The summed E-state index contributed by atoms with van der Waals surface area (Å²) in [5.74, 6) is 1.84. The molecule has 1 atom stereocenters. The van der Waals surface area contributed by atoms with Gasteiger partial charge in [0.25, 0.3) is 0 Å². The van der Waals surface area contributed by atoms with Crippen LogP contribution in [0.3, 0.4) is 0 Å². The molecular formula is C14H19N5O2. The molecule has 4 heterocycles. The summed E-state index contributed by atoms with van der Waals surface area (Å²) in [5, 5.41) is 13.0. The van der Waals surface area contributed by atoms with Crippen LogP contribution < -0.4 is 4.90 Å². The summed E-state index contributed by atoms with van der Waals surface area (Å²) in [6, 6.07) is 3.99. The first-order chi connectivity index (χ1) is 10.3. The molecule has 0 bridgehead atoms. The molecule has 2 fully saturated rings. The number of rotatable bonds is 2. The van der Waals surface area contributed by atoms with E-state index in [4.69, 9.17) is 14.6 Å². The SMILES string of the molecule is CCc1nnc2ccc(N3CCOC4(CCOC4)C3)nn12. The Kier molecular flexibility index (Phi) is 3.04.